The predicted molar refractivity (Wildman–Crippen MR) is 96.0 cm³/mol. The van der Waals surface area contributed by atoms with E-state index >= 15 is 0 Å². The van der Waals surface area contributed by atoms with E-state index in [1.165, 1.54) is 5.56 Å². The van der Waals surface area contributed by atoms with Crippen LogP contribution in [0.4, 0.5) is 10.5 Å². The molecule has 5 nitrogen and oxygen atoms in total. The van der Waals surface area contributed by atoms with E-state index in [4.69, 9.17) is 0 Å². The first-order valence-electron chi connectivity index (χ1n) is 8.01. The first-order chi connectivity index (χ1) is 11.8. The number of nitrogens with zero attached hydrogens (tertiary/aromatic N) is 2. The highest BCUT2D eigenvalue weighted by Crippen LogP contribution is 2.33. The molecule has 1 atom stereocenters. The van der Waals surface area contributed by atoms with E-state index < -0.39 is 0 Å². The zero-order valence-electron chi connectivity index (χ0n) is 13.1. The number of carbonyl (C=O) groups excluding carboxylic acids is 1. The van der Waals surface area contributed by atoms with Crippen molar-refractivity contribution >= 4 is 23.1 Å². The zero-order valence-corrected chi connectivity index (χ0v) is 13.9. The Kier molecular flexibility index (Phi) is 4.04. The Labute approximate surface area is 144 Å². The highest BCUT2D eigenvalue weighted by atomic mass is 32.1. The van der Waals surface area contributed by atoms with Gasteiger partial charge in [-0.3, -0.25) is 5.10 Å². The van der Waals surface area contributed by atoms with Gasteiger partial charge in [-0.05, 0) is 59.0 Å². The van der Waals surface area contributed by atoms with Crippen molar-refractivity contribution in [1.29, 1.82) is 0 Å². The molecule has 0 unspecified atom stereocenters. The first kappa shape index (κ1) is 15.0. The predicted octanol–water partition coefficient (Wildman–Crippen LogP) is 4.51. The Morgan fingerprint density at radius 2 is 2.12 bits per heavy atom. The minimum atomic E-state index is -0.0296. The number of amides is 2. The van der Waals surface area contributed by atoms with E-state index in [0.717, 1.165) is 36.3 Å². The molecule has 1 aromatic carbocycles. The molecule has 0 spiro atoms. The number of likely N-dealkylation sites (tertiary alicyclic amines) is 1. The van der Waals surface area contributed by atoms with Gasteiger partial charge in [-0.25, -0.2) is 4.79 Å². The van der Waals surface area contributed by atoms with Crippen LogP contribution >= 0.6 is 11.3 Å². The molecular weight excluding hydrogens is 320 g/mol. The van der Waals surface area contributed by atoms with Crippen molar-refractivity contribution in [2.24, 2.45) is 0 Å². The van der Waals surface area contributed by atoms with Gasteiger partial charge in [-0.2, -0.15) is 16.4 Å². The van der Waals surface area contributed by atoms with Gasteiger partial charge in [0.15, 0.2) is 0 Å². The third-order valence-corrected chi connectivity index (χ3v) is 5.09. The molecule has 3 aromatic rings. The zero-order chi connectivity index (χ0) is 16.4. The fourth-order valence-corrected chi connectivity index (χ4v) is 3.87. The summed E-state index contributed by atoms with van der Waals surface area (Å²) < 4.78 is 0. The number of benzene rings is 1. The van der Waals surface area contributed by atoms with Gasteiger partial charge in [0.25, 0.3) is 0 Å². The van der Waals surface area contributed by atoms with Gasteiger partial charge >= 0.3 is 6.03 Å². The van der Waals surface area contributed by atoms with Crippen LogP contribution in [0.25, 0.3) is 11.3 Å². The van der Waals surface area contributed by atoms with Crippen LogP contribution in [0.3, 0.4) is 0 Å². The second kappa shape index (κ2) is 6.49. The summed E-state index contributed by atoms with van der Waals surface area (Å²) in [5.74, 6) is 0. The van der Waals surface area contributed by atoms with E-state index in [2.05, 4.69) is 32.3 Å². The van der Waals surface area contributed by atoms with Gasteiger partial charge in [0.2, 0.25) is 0 Å². The van der Waals surface area contributed by atoms with E-state index in [-0.39, 0.29) is 12.1 Å². The van der Waals surface area contributed by atoms with E-state index in [9.17, 15) is 4.79 Å². The largest absolute Gasteiger partial charge is 0.322 e. The molecule has 6 heteroatoms. The van der Waals surface area contributed by atoms with Crippen LogP contribution in [0, 0.1) is 0 Å². The fourth-order valence-electron chi connectivity index (χ4n) is 3.17. The van der Waals surface area contributed by atoms with Gasteiger partial charge in [0.05, 0.1) is 11.7 Å². The first-order valence-corrected chi connectivity index (χ1v) is 8.95. The minimum Gasteiger partial charge on any atom is -0.317 e. The number of hydrogen-bond acceptors (Lipinski definition) is 3. The molecule has 1 fully saturated rings. The number of hydrogen-bond donors (Lipinski definition) is 2. The Morgan fingerprint density at radius 3 is 2.83 bits per heavy atom. The molecule has 122 valence electrons. The topological polar surface area (TPSA) is 61.0 Å². The van der Waals surface area contributed by atoms with Crippen molar-refractivity contribution < 1.29 is 4.79 Å². The minimum absolute atomic E-state index is 0.0296. The molecule has 2 amide bonds. The molecule has 1 aliphatic rings. The summed E-state index contributed by atoms with van der Waals surface area (Å²) in [6, 6.07) is 12.0. The van der Waals surface area contributed by atoms with Crippen LogP contribution in [-0.4, -0.2) is 27.7 Å². The Balaban J connectivity index is 1.46. The van der Waals surface area contributed by atoms with Gasteiger partial charge in [0.1, 0.15) is 0 Å². The molecule has 0 saturated carbocycles. The van der Waals surface area contributed by atoms with Crippen molar-refractivity contribution in [3.05, 3.63) is 58.9 Å². The summed E-state index contributed by atoms with van der Waals surface area (Å²) in [5.41, 5.74) is 4.05. The van der Waals surface area contributed by atoms with Crippen LogP contribution < -0.4 is 5.32 Å². The molecule has 4 rings (SSSR count). The average molecular weight is 338 g/mol. The van der Waals surface area contributed by atoms with Crippen molar-refractivity contribution in [1.82, 2.24) is 15.1 Å². The molecule has 1 saturated heterocycles. The van der Waals surface area contributed by atoms with Crippen molar-refractivity contribution in [3.63, 3.8) is 0 Å². The number of aromatic nitrogens is 2. The number of urea groups is 1. The summed E-state index contributed by atoms with van der Waals surface area (Å²) >= 11 is 1.68. The Hall–Kier alpha value is -2.60. The maximum atomic E-state index is 12.6. The second-order valence-corrected chi connectivity index (χ2v) is 6.67. The van der Waals surface area contributed by atoms with E-state index in [1.54, 1.807) is 17.5 Å². The van der Waals surface area contributed by atoms with E-state index in [1.807, 2.05) is 35.2 Å². The number of aromatic amines is 1. The smallest absolute Gasteiger partial charge is 0.317 e. The van der Waals surface area contributed by atoms with E-state index in [0.29, 0.717) is 0 Å². The maximum absolute atomic E-state index is 12.6. The average Bonchev–Trinajstić information content (AvgIpc) is 3.35. The van der Waals surface area contributed by atoms with Crippen molar-refractivity contribution in [2.75, 3.05) is 11.9 Å². The summed E-state index contributed by atoms with van der Waals surface area (Å²) in [6.45, 7) is 0.804. The number of carbonyl (C=O) groups is 1. The summed E-state index contributed by atoms with van der Waals surface area (Å²) in [5, 5.41) is 14.1. The van der Waals surface area contributed by atoms with Gasteiger partial charge in [-0.1, -0.05) is 12.1 Å². The maximum Gasteiger partial charge on any atom is 0.322 e. The number of H-pyrrole nitrogens is 1. The number of rotatable bonds is 3. The lowest BCUT2D eigenvalue weighted by atomic mass is 10.1. The SMILES string of the molecule is O=C(Nc1ccc(-c2ccn[nH]2)cc1)N1CCC[C@H]1c1ccsc1. The van der Waals surface area contributed by atoms with Crippen molar-refractivity contribution in [3.8, 4) is 11.3 Å². The third kappa shape index (κ3) is 2.92. The van der Waals surface area contributed by atoms with Crippen LogP contribution in [0.1, 0.15) is 24.4 Å². The molecule has 2 N–H and O–H groups in total. The molecule has 1 aliphatic heterocycles. The van der Waals surface area contributed by atoms with Crippen LogP contribution in [0.15, 0.2) is 53.4 Å². The monoisotopic (exact) mass is 338 g/mol. The second-order valence-electron chi connectivity index (χ2n) is 5.89. The Bertz CT molecular complexity index is 796. The molecule has 2 aromatic heterocycles. The van der Waals surface area contributed by atoms with Crippen molar-refractivity contribution in [2.45, 2.75) is 18.9 Å². The summed E-state index contributed by atoms with van der Waals surface area (Å²) in [4.78, 5) is 14.6. The van der Waals surface area contributed by atoms with Gasteiger partial charge in [-0.15, -0.1) is 0 Å². The highest BCUT2D eigenvalue weighted by molar-refractivity contribution is 7.08. The van der Waals surface area contributed by atoms with Gasteiger partial charge in [0, 0.05) is 18.4 Å². The Morgan fingerprint density at radius 1 is 1.25 bits per heavy atom. The molecule has 24 heavy (non-hydrogen) atoms. The van der Waals surface area contributed by atoms with Crippen LogP contribution in [0.5, 0.6) is 0 Å². The normalized spacial score (nSPS) is 17.2. The van der Waals surface area contributed by atoms with Crippen LogP contribution in [-0.2, 0) is 0 Å². The highest BCUT2D eigenvalue weighted by Gasteiger charge is 2.30. The molecular formula is C18H18N4OS. The third-order valence-electron chi connectivity index (χ3n) is 4.39. The molecule has 3 heterocycles. The van der Waals surface area contributed by atoms with Gasteiger partial charge < -0.3 is 10.2 Å². The molecule has 0 bridgehead atoms. The molecule has 0 radical (unpaired) electrons. The quantitative estimate of drug-likeness (QED) is 0.738. The number of thiophene rings is 1. The fraction of sp³-hybridized carbons (Fsp3) is 0.222. The summed E-state index contributed by atoms with van der Waals surface area (Å²) in [6.07, 6.45) is 3.80. The lowest BCUT2D eigenvalue weighted by Crippen LogP contribution is -2.34. The standard InChI is InChI=1S/C18H18N4OS/c23-18(22-10-1-2-17(22)14-8-11-24-12-14)20-15-5-3-13(4-6-15)16-7-9-19-21-16/h3-9,11-12,17H,1-2,10H2,(H,19,21)(H,20,23)/t17-/m0/s1. The number of anilines is 1. The lowest BCUT2D eigenvalue weighted by Gasteiger charge is -2.24. The summed E-state index contributed by atoms with van der Waals surface area (Å²) in [7, 11) is 0. The number of nitrogens with one attached hydrogen (secondary N) is 2. The molecule has 0 aliphatic carbocycles. The lowest BCUT2D eigenvalue weighted by molar-refractivity contribution is 0.207. The van der Waals surface area contributed by atoms with Crippen LogP contribution in [0.2, 0.25) is 0 Å².